The predicted molar refractivity (Wildman–Crippen MR) is 232 cm³/mol. The molecule has 0 N–H and O–H groups in total. The van der Waals surface area contributed by atoms with Crippen molar-refractivity contribution in [1.82, 2.24) is 0 Å². The minimum atomic E-state index is 0.870. The molecule has 1 aromatic heterocycles. The highest BCUT2D eigenvalue weighted by molar-refractivity contribution is 6.08. The van der Waals surface area contributed by atoms with Gasteiger partial charge in [-0.3, -0.25) is 0 Å². The van der Waals surface area contributed by atoms with Crippen LogP contribution in [0.1, 0.15) is 5.56 Å². The highest BCUT2D eigenvalue weighted by Crippen LogP contribution is 2.45. The van der Waals surface area contributed by atoms with E-state index in [1.54, 1.807) is 0 Å². The van der Waals surface area contributed by atoms with Crippen molar-refractivity contribution in [3.63, 3.8) is 0 Å². The summed E-state index contributed by atoms with van der Waals surface area (Å²) in [4.78, 5) is 2.37. The Morgan fingerprint density at radius 3 is 1.78 bits per heavy atom. The van der Waals surface area contributed by atoms with Gasteiger partial charge in [0.1, 0.15) is 11.2 Å². The topological polar surface area (TPSA) is 16.4 Å². The van der Waals surface area contributed by atoms with Crippen LogP contribution in [0.4, 0.5) is 17.1 Å². The maximum atomic E-state index is 6.53. The van der Waals surface area contributed by atoms with Crippen molar-refractivity contribution in [1.29, 1.82) is 0 Å². The van der Waals surface area contributed by atoms with Crippen LogP contribution >= 0.6 is 0 Å². The second-order valence-electron chi connectivity index (χ2n) is 14.2. The summed E-state index contributed by atoms with van der Waals surface area (Å²) in [7, 11) is 0. The number of hydrogen-bond donors (Lipinski definition) is 0. The van der Waals surface area contributed by atoms with Crippen LogP contribution < -0.4 is 4.90 Å². The Balaban J connectivity index is 1.17. The maximum absolute atomic E-state index is 6.53. The Kier molecular flexibility index (Phi) is 8.08. The van der Waals surface area contributed by atoms with Gasteiger partial charge < -0.3 is 9.32 Å². The first-order valence-corrected chi connectivity index (χ1v) is 18.8. The van der Waals surface area contributed by atoms with Crippen molar-refractivity contribution in [2.75, 3.05) is 4.90 Å². The molecule has 10 rings (SSSR count). The van der Waals surface area contributed by atoms with E-state index in [1.807, 2.05) is 0 Å². The number of aryl methyl sites for hydroxylation is 1. The van der Waals surface area contributed by atoms with Gasteiger partial charge in [-0.25, -0.2) is 0 Å². The molecule has 55 heavy (non-hydrogen) atoms. The monoisotopic (exact) mass is 703 g/mol. The van der Waals surface area contributed by atoms with E-state index in [4.69, 9.17) is 4.42 Å². The van der Waals surface area contributed by atoms with E-state index in [0.29, 0.717) is 0 Å². The lowest BCUT2D eigenvalue weighted by Gasteiger charge is -2.28. The third-order valence-corrected chi connectivity index (χ3v) is 10.8. The number of hydrogen-bond acceptors (Lipinski definition) is 2. The molecule has 2 heteroatoms. The lowest BCUT2D eigenvalue weighted by molar-refractivity contribution is 0.669. The lowest BCUT2D eigenvalue weighted by Crippen LogP contribution is -2.11. The third kappa shape index (κ3) is 5.85. The SMILES string of the molecule is Cc1cccc2oc3cc(N(c4ccc(-c5ccc6ccccc6c5-c5ccccc5)cc4)c4ccc(-c5ccccc5)cc4-c4ccccc4)ccc3c12. The Morgan fingerprint density at radius 1 is 0.382 bits per heavy atom. The van der Waals surface area contributed by atoms with Gasteiger partial charge in [-0.15, -0.1) is 0 Å². The first-order valence-electron chi connectivity index (χ1n) is 18.8. The first-order chi connectivity index (χ1) is 27.2. The average molecular weight is 704 g/mol. The van der Waals surface area contributed by atoms with Gasteiger partial charge in [0, 0.05) is 33.8 Å². The molecule has 0 atom stereocenters. The number of rotatable bonds is 7. The summed E-state index contributed by atoms with van der Waals surface area (Å²) < 4.78 is 6.53. The second kappa shape index (κ2) is 13.7. The molecule has 0 bridgehead atoms. The summed E-state index contributed by atoms with van der Waals surface area (Å²) in [5.41, 5.74) is 15.6. The predicted octanol–water partition coefficient (Wildman–Crippen LogP) is 15.2. The molecule has 0 aliphatic carbocycles. The van der Waals surface area contributed by atoms with Crippen LogP contribution in [0.3, 0.4) is 0 Å². The molecule has 9 aromatic carbocycles. The number of nitrogens with zero attached hydrogens (tertiary/aromatic N) is 1. The molecular formula is C53H37NO. The fraction of sp³-hybridized carbons (Fsp3) is 0.0189. The molecular weight excluding hydrogens is 667 g/mol. The van der Waals surface area contributed by atoms with E-state index in [1.165, 1.54) is 55.1 Å². The van der Waals surface area contributed by atoms with Gasteiger partial charge in [0.05, 0.1) is 5.69 Å². The van der Waals surface area contributed by atoms with E-state index in [0.717, 1.165) is 44.7 Å². The summed E-state index contributed by atoms with van der Waals surface area (Å²) >= 11 is 0. The number of anilines is 3. The highest BCUT2D eigenvalue weighted by atomic mass is 16.3. The minimum Gasteiger partial charge on any atom is -0.456 e. The number of furan rings is 1. The molecule has 260 valence electrons. The molecule has 0 fully saturated rings. The van der Waals surface area contributed by atoms with Gasteiger partial charge in [-0.1, -0.05) is 158 Å². The van der Waals surface area contributed by atoms with Gasteiger partial charge in [0.2, 0.25) is 0 Å². The van der Waals surface area contributed by atoms with Gasteiger partial charge >= 0.3 is 0 Å². The van der Waals surface area contributed by atoms with Crippen molar-refractivity contribution in [2.45, 2.75) is 6.92 Å². The summed E-state index contributed by atoms with van der Waals surface area (Å²) in [6.45, 7) is 2.15. The summed E-state index contributed by atoms with van der Waals surface area (Å²) in [6.07, 6.45) is 0. The largest absolute Gasteiger partial charge is 0.456 e. The number of fused-ring (bicyclic) bond motifs is 4. The fourth-order valence-electron chi connectivity index (χ4n) is 8.17. The Labute approximate surface area is 321 Å². The van der Waals surface area contributed by atoms with E-state index in [-0.39, 0.29) is 0 Å². The van der Waals surface area contributed by atoms with Crippen molar-refractivity contribution < 1.29 is 4.42 Å². The van der Waals surface area contributed by atoms with E-state index in [9.17, 15) is 0 Å². The molecule has 0 amide bonds. The normalized spacial score (nSPS) is 11.4. The van der Waals surface area contributed by atoms with E-state index >= 15 is 0 Å². The molecule has 0 saturated carbocycles. The van der Waals surface area contributed by atoms with Gasteiger partial charge in [0.15, 0.2) is 0 Å². The van der Waals surface area contributed by atoms with Gasteiger partial charge in [0.25, 0.3) is 0 Å². The second-order valence-corrected chi connectivity index (χ2v) is 14.2. The van der Waals surface area contributed by atoms with E-state index < -0.39 is 0 Å². The van der Waals surface area contributed by atoms with Crippen LogP contribution in [0.25, 0.3) is 77.2 Å². The van der Waals surface area contributed by atoms with Gasteiger partial charge in [-0.05, 0) is 105 Å². The Morgan fingerprint density at radius 2 is 1.02 bits per heavy atom. The third-order valence-electron chi connectivity index (χ3n) is 10.8. The van der Waals surface area contributed by atoms with Crippen LogP contribution in [0.15, 0.2) is 211 Å². The molecule has 1 heterocycles. The van der Waals surface area contributed by atoms with Crippen molar-refractivity contribution in [3.05, 3.63) is 212 Å². The smallest absolute Gasteiger partial charge is 0.137 e. The molecule has 0 radical (unpaired) electrons. The van der Waals surface area contributed by atoms with Crippen molar-refractivity contribution in [2.24, 2.45) is 0 Å². The molecule has 2 nitrogen and oxygen atoms in total. The van der Waals surface area contributed by atoms with Gasteiger partial charge in [-0.2, -0.15) is 0 Å². The van der Waals surface area contributed by atoms with Crippen LogP contribution in [-0.2, 0) is 0 Å². The molecule has 0 spiro atoms. The summed E-state index contributed by atoms with van der Waals surface area (Å²) in [5.74, 6) is 0. The lowest BCUT2D eigenvalue weighted by atomic mass is 9.89. The fourth-order valence-corrected chi connectivity index (χ4v) is 8.17. The van der Waals surface area contributed by atoms with Crippen LogP contribution in [0.5, 0.6) is 0 Å². The molecule has 10 aromatic rings. The Hall–Kier alpha value is -7.16. The molecule has 0 unspecified atom stereocenters. The van der Waals surface area contributed by atoms with Crippen molar-refractivity contribution >= 4 is 49.8 Å². The standard InChI is InChI=1S/C53H37NO/c1-36-14-13-23-50-52(36)47-32-30-44(35-51(47)55-50)54(49-33-27-42(37-15-5-2-6-16-37)34-48(49)38-17-7-3-8-18-38)43-28-24-40(25-29-43)46-31-26-39-19-11-12-22-45(39)53(46)41-20-9-4-10-21-41/h2-35H,1H3. The zero-order chi connectivity index (χ0) is 36.7. The molecule has 0 aliphatic heterocycles. The van der Waals surface area contributed by atoms with Crippen LogP contribution in [0.2, 0.25) is 0 Å². The van der Waals surface area contributed by atoms with Crippen LogP contribution in [-0.4, -0.2) is 0 Å². The van der Waals surface area contributed by atoms with Crippen molar-refractivity contribution in [3.8, 4) is 44.5 Å². The highest BCUT2D eigenvalue weighted by Gasteiger charge is 2.21. The average Bonchev–Trinajstić information content (AvgIpc) is 3.64. The van der Waals surface area contributed by atoms with Crippen LogP contribution in [0, 0.1) is 6.92 Å². The van der Waals surface area contributed by atoms with E-state index in [2.05, 4.69) is 218 Å². The summed E-state index contributed by atoms with van der Waals surface area (Å²) in [5, 5.41) is 4.77. The molecule has 0 aliphatic rings. The maximum Gasteiger partial charge on any atom is 0.137 e. The first kappa shape index (κ1) is 32.5. The minimum absolute atomic E-state index is 0.870. The Bertz CT molecular complexity index is 2960. The number of benzene rings is 9. The zero-order valence-electron chi connectivity index (χ0n) is 30.5. The summed E-state index contributed by atoms with van der Waals surface area (Å²) in [6, 6.07) is 74.0. The quantitative estimate of drug-likeness (QED) is 0.164. The zero-order valence-corrected chi connectivity index (χ0v) is 30.5. The molecule has 0 saturated heterocycles.